The minimum absolute atomic E-state index is 0.101. The van der Waals surface area contributed by atoms with E-state index >= 15 is 0 Å². The lowest BCUT2D eigenvalue weighted by Gasteiger charge is -2.47. The zero-order chi connectivity index (χ0) is 26.9. The van der Waals surface area contributed by atoms with Crippen LogP contribution in [0.5, 0.6) is 0 Å². The van der Waals surface area contributed by atoms with E-state index in [1.165, 1.54) is 29.0 Å². The summed E-state index contributed by atoms with van der Waals surface area (Å²) in [6.45, 7) is 14.4. The van der Waals surface area contributed by atoms with Gasteiger partial charge in [-0.15, -0.1) is 0 Å². The summed E-state index contributed by atoms with van der Waals surface area (Å²) in [5.74, 6) is 1.25. The highest BCUT2D eigenvalue weighted by molar-refractivity contribution is 5.80. The van der Waals surface area contributed by atoms with Crippen LogP contribution in [0.1, 0.15) is 70.8 Å². The zero-order valence-electron chi connectivity index (χ0n) is 24.5. The molecule has 2 aromatic carbocycles. The minimum Gasteiger partial charge on any atom is -0.371 e. The Kier molecular flexibility index (Phi) is 8.13. The Balaban J connectivity index is 1.42. The molecule has 2 aliphatic heterocycles. The Morgan fingerprint density at radius 3 is 2.29 bits per heavy atom. The second-order valence-corrected chi connectivity index (χ2v) is 11.9. The Bertz CT molecular complexity index is 1180. The van der Waals surface area contributed by atoms with Crippen LogP contribution in [0.15, 0.2) is 48.5 Å². The molecule has 3 heterocycles. The van der Waals surface area contributed by atoms with E-state index in [0.717, 1.165) is 57.5 Å². The molecular weight excluding hydrogens is 468 g/mol. The van der Waals surface area contributed by atoms with Crippen LogP contribution < -0.4 is 10.2 Å². The van der Waals surface area contributed by atoms with Crippen molar-refractivity contribution >= 4 is 16.7 Å². The molecule has 206 valence electrons. The monoisotopic (exact) mass is 516 g/mol. The van der Waals surface area contributed by atoms with Gasteiger partial charge in [0.15, 0.2) is 0 Å². The van der Waals surface area contributed by atoms with Crippen LogP contribution in [-0.4, -0.2) is 71.7 Å². The predicted molar refractivity (Wildman–Crippen MR) is 160 cm³/mol. The number of hydrogen-bond acceptors (Lipinski definition) is 5. The fourth-order valence-corrected chi connectivity index (χ4v) is 7.17. The largest absolute Gasteiger partial charge is 0.371 e. The summed E-state index contributed by atoms with van der Waals surface area (Å²) in [6, 6.07) is 19.5. The lowest BCUT2D eigenvalue weighted by molar-refractivity contribution is 0.110. The number of piperidine rings is 1. The number of rotatable bonds is 8. The van der Waals surface area contributed by atoms with Gasteiger partial charge in [0.1, 0.15) is 5.82 Å². The third kappa shape index (κ3) is 5.11. The molecule has 38 heavy (non-hydrogen) atoms. The molecule has 1 unspecified atom stereocenters. The van der Waals surface area contributed by atoms with Crippen LogP contribution in [0.25, 0.3) is 11.0 Å². The van der Waals surface area contributed by atoms with Crippen molar-refractivity contribution in [3.63, 3.8) is 0 Å². The van der Waals surface area contributed by atoms with Gasteiger partial charge in [0.25, 0.3) is 0 Å². The normalized spacial score (nSPS) is 23.3. The number of nitrogens with zero attached hydrogens (tertiary/aromatic N) is 5. The summed E-state index contributed by atoms with van der Waals surface area (Å²) in [7, 11) is 4.47. The topological polar surface area (TPSA) is 39.6 Å². The van der Waals surface area contributed by atoms with Crippen LogP contribution in [0, 0.1) is 0 Å². The van der Waals surface area contributed by atoms with Gasteiger partial charge in [-0.25, -0.2) is 4.98 Å². The summed E-state index contributed by atoms with van der Waals surface area (Å²) >= 11 is 0. The van der Waals surface area contributed by atoms with Gasteiger partial charge < -0.3 is 14.8 Å². The van der Waals surface area contributed by atoms with Crippen molar-refractivity contribution in [1.82, 2.24) is 24.7 Å². The first-order chi connectivity index (χ1) is 18.4. The smallest absolute Gasteiger partial charge is 0.127 e. The molecule has 2 saturated heterocycles. The molecule has 5 rings (SSSR count). The fraction of sp³-hybridized carbons (Fsp3) is 0.594. The summed E-state index contributed by atoms with van der Waals surface area (Å²) in [5.41, 5.74) is 5.26. The van der Waals surface area contributed by atoms with Crippen LogP contribution in [-0.2, 0) is 12.1 Å². The number of aromatic nitrogens is 2. The molecule has 0 amide bonds. The van der Waals surface area contributed by atoms with E-state index < -0.39 is 0 Å². The Hall–Kier alpha value is -2.41. The van der Waals surface area contributed by atoms with Gasteiger partial charge in [-0.3, -0.25) is 9.80 Å². The van der Waals surface area contributed by atoms with E-state index in [2.05, 4.69) is 115 Å². The van der Waals surface area contributed by atoms with Crippen molar-refractivity contribution in [3.8, 4) is 0 Å². The fourth-order valence-electron chi connectivity index (χ4n) is 7.17. The van der Waals surface area contributed by atoms with Gasteiger partial charge in [0, 0.05) is 56.0 Å². The highest BCUT2D eigenvalue weighted by Crippen LogP contribution is 2.39. The van der Waals surface area contributed by atoms with Crippen LogP contribution in [0.2, 0.25) is 0 Å². The second kappa shape index (κ2) is 11.4. The number of fused-ring (bicyclic) bond motifs is 1. The maximum atomic E-state index is 5.35. The summed E-state index contributed by atoms with van der Waals surface area (Å²) in [5, 5.41) is 3.70. The van der Waals surface area contributed by atoms with Crippen molar-refractivity contribution < 1.29 is 0 Å². The molecule has 3 aromatic rings. The first-order valence-corrected chi connectivity index (χ1v) is 14.8. The summed E-state index contributed by atoms with van der Waals surface area (Å²) in [6.07, 6.45) is 4.55. The summed E-state index contributed by atoms with van der Waals surface area (Å²) < 4.78 is 2.47. The van der Waals surface area contributed by atoms with E-state index in [-0.39, 0.29) is 5.54 Å². The highest BCUT2D eigenvalue weighted by atomic mass is 15.3. The second-order valence-electron chi connectivity index (χ2n) is 11.9. The first-order valence-electron chi connectivity index (χ1n) is 14.8. The van der Waals surface area contributed by atoms with E-state index in [1.807, 2.05) is 0 Å². The van der Waals surface area contributed by atoms with E-state index in [0.29, 0.717) is 18.1 Å². The molecule has 0 spiro atoms. The quantitative estimate of drug-likeness (QED) is 0.420. The number of benzene rings is 2. The molecule has 1 aromatic heterocycles. The number of anilines is 1. The molecule has 6 nitrogen and oxygen atoms in total. The Morgan fingerprint density at radius 2 is 1.68 bits per heavy atom. The number of aryl methyl sites for hydroxylation is 1. The van der Waals surface area contributed by atoms with Gasteiger partial charge in [0.2, 0.25) is 0 Å². The molecule has 0 aliphatic carbocycles. The lowest BCUT2D eigenvalue weighted by atomic mass is 9.79. The van der Waals surface area contributed by atoms with Gasteiger partial charge in [0.05, 0.1) is 17.1 Å². The molecule has 3 atom stereocenters. The maximum Gasteiger partial charge on any atom is 0.127 e. The summed E-state index contributed by atoms with van der Waals surface area (Å²) in [4.78, 5) is 13.0. The van der Waals surface area contributed by atoms with E-state index in [1.54, 1.807) is 0 Å². The Labute approximate surface area is 230 Å². The number of imidazole rings is 1. The highest BCUT2D eigenvalue weighted by Gasteiger charge is 2.38. The molecule has 6 heteroatoms. The molecule has 2 aliphatic rings. The van der Waals surface area contributed by atoms with Crippen molar-refractivity contribution in [3.05, 3.63) is 59.9 Å². The zero-order valence-corrected chi connectivity index (χ0v) is 24.5. The predicted octanol–water partition coefficient (Wildman–Crippen LogP) is 5.64. The standard InChI is InChI=1S/C32H48N6/c1-7-12-30(37-22-24(3)33-25(4)23-37)31-34-28-21-27(15-16-29(28)38(31)8-2)36-19-17-32(18-20-36,35(5)6)26-13-10-9-11-14-26/h9-11,13-16,21,24-25,30,33H,7-8,12,17-20,22-23H2,1-6H3/t24-,25+,30?. The van der Waals surface area contributed by atoms with Crippen LogP contribution in [0.3, 0.4) is 0 Å². The SMILES string of the molecule is CCCC(c1nc2cc(N3CCC(c4ccccc4)(N(C)C)CC3)ccc2n1CC)N1C[C@@H](C)N[C@@H](C)C1. The molecule has 0 radical (unpaired) electrons. The Morgan fingerprint density at radius 1 is 1.00 bits per heavy atom. The number of hydrogen-bond donors (Lipinski definition) is 1. The van der Waals surface area contributed by atoms with Crippen molar-refractivity contribution in [1.29, 1.82) is 0 Å². The number of piperazine rings is 1. The molecule has 0 saturated carbocycles. The molecule has 1 N–H and O–H groups in total. The van der Waals surface area contributed by atoms with E-state index in [4.69, 9.17) is 4.98 Å². The van der Waals surface area contributed by atoms with Crippen LogP contribution in [0.4, 0.5) is 5.69 Å². The van der Waals surface area contributed by atoms with Crippen molar-refractivity contribution in [2.75, 3.05) is 45.2 Å². The average Bonchev–Trinajstić information content (AvgIpc) is 3.29. The van der Waals surface area contributed by atoms with Gasteiger partial charge in [-0.2, -0.15) is 0 Å². The van der Waals surface area contributed by atoms with E-state index in [9.17, 15) is 0 Å². The number of nitrogens with one attached hydrogen (secondary N) is 1. The molecule has 0 bridgehead atoms. The van der Waals surface area contributed by atoms with Gasteiger partial charge in [-0.1, -0.05) is 43.7 Å². The third-order valence-electron chi connectivity index (χ3n) is 9.09. The van der Waals surface area contributed by atoms with Crippen LogP contribution >= 0.6 is 0 Å². The first kappa shape index (κ1) is 27.2. The lowest BCUT2D eigenvalue weighted by Crippen LogP contribution is -2.55. The maximum absolute atomic E-state index is 5.35. The average molecular weight is 517 g/mol. The van der Waals surface area contributed by atoms with Gasteiger partial charge in [-0.05, 0) is 77.9 Å². The van der Waals surface area contributed by atoms with Crippen molar-refractivity contribution in [2.45, 2.75) is 83.6 Å². The molecule has 2 fully saturated rings. The van der Waals surface area contributed by atoms with Gasteiger partial charge >= 0.3 is 0 Å². The minimum atomic E-state index is 0.101. The van der Waals surface area contributed by atoms with Crippen molar-refractivity contribution in [2.24, 2.45) is 0 Å². The molecular formula is C32H48N6. The third-order valence-corrected chi connectivity index (χ3v) is 9.09.